The first-order chi connectivity index (χ1) is 50.4. The number of rotatable bonds is 84. The van der Waals surface area contributed by atoms with Gasteiger partial charge in [-0.25, -0.2) is 9.13 Å². The van der Waals surface area contributed by atoms with E-state index in [-0.39, 0.29) is 25.7 Å². The summed E-state index contributed by atoms with van der Waals surface area (Å²) in [7, 11) is -9.92. The normalized spacial score (nSPS) is 13.8. The largest absolute Gasteiger partial charge is 0.472 e. The van der Waals surface area contributed by atoms with Gasteiger partial charge in [0.15, 0.2) is 12.2 Å². The lowest BCUT2D eigenvalue weighted by molar-refractivity contribution is -0.161. The first-order valence-corrected chi connectivity index (χ1v) is 47.0. The summed E-state index contributed by atoms with van der Waals surface area (Å²) in [6.07, 6.45) is 68.2. The molecule has 618 valence electrons. The predicted molar refractivity (Wildman–Crippen MR) is 428 cm³/mol. The van der Waals surface area contributed by atoms with Crippen LogP contribution in [0.2, 0.25) is 0 Å². The van der Waals surface area contributed by atoms with Crippen molar-refractivity contribution >= 4 is 39.5 Å². The van der Waals surface area contributed by atoms with E-state index in [9.17, 15) is 43.2 Å². The number of phosphoric ester groups is 2. The van der Waals surface area contributed by atoms with Crippen LogP contribution in [0.3, 0.4) is 0 Å². The van der Waals surface area contributed by atoms with Crippen LogP contribution in [-0.2, 0) is 65.4 Å². The third-order valence-electron chi connectivity index (χ3n) is 20.0. The molecule has 0 rings (SSSR count). The Balaban J connectivity index is 5.21. The van der Waals surface area contributed by atoms with Gasteiger partial charge >= 0.3 is 39.5 Å². The SMILES string of the molecule is CCCCCCCCCCCCCCCCCCCCCCC(=O)OC[C@H](COP(=O)(O)OC[C@@H](O)COP(=O)(O)OC[C@@H](COC(=O)CCCCCCCCCC(C)C)OC(=O)CCCCCCCCCCCCCCC)OC(=O)CCCCCCCCCCCCCCCCCCCCC(C)C. The van der Waals surface area contributed by atoms with Crippen LogP contribution < -0.4 is 0 Å². The summed E-state index contributed by atoms with van der Waals surface area (Å²) >= 11 is 0. The zero-order chi connectivity index (χ0) is 76.4. The molecule has 0 fully saturated rings. The van der Waals surface area contributed by atoms with Crippen LogP contribution in [0.25, 0.3) is 0 Å². The van der Waals surface area contributed by atoms with Crippen molar-refractivity contribution in [1.29, 1.82) is 0 Å². The van der Waals surface area contributed by atoms with Gasteiger partial charge in [0.1, 0.15) is 19.3 Å². The van der Waals surface area contributed by atoms with Gasteiger partial charge in [-0.05, 0) is 37.5 Å². The summed E-state index contributed by atoms with van der Waals surface area (Å²) in [5.41, 5.74) is 0. The molecule has 0 aliphatic rings. The summed E-state index contributed by atoms with van der Waals surface area (Å²) in [6.45, 7) is 9.64. The third kappa shape index (κ3) is 78.2. The average molecular weight is 1520 g/mol. The van der Waals surface area contributed by atoms with E-state index in [1.165, 1.54) is 263 Å². The third-order valence-corrected chi connectivity index (χ3v) is 21.9. The summed E-state index contributed by atoms with van der Waals surface area (Å²) in [5.74, 6) is -0.579. The minimum Gasteiger partial charge on any atom is -0.462 e. The van der Waals surface area contributed by atoms with E-state index in [4.69, 9.17) is 37.0 Å². The first kappa shape index (κ1) is 102. The van der Waals surface area contributed by atoms with Crippen LogP contribution in [0, 0.1) is 11.8 Å². The van der Waals surface area contributed by atoms with Crippen molar-refractivity contribution in [3.8, 4) is 0 Å². The van der Waals surface area contributed by atoms with Gasteiger partial charge < -0.3 is 33.8 Å². The minimum absolute atomic E-state index is 0.107. The Kier molecular flexibility index (Phi) is 75.0. The fourth-order valence-electron chi connectivity index (χ4n) is 13.2. The molecule has 2 unspecified atom stereocenters. The van der Waals surface area contributed by atoms with Gasteiger partial charge in [-0.1, -0.05) is 401 Å². The molecule has 0 amide bonds. The zero-order valence-electron chi connectivity index (χ0n) is 68.3. The van der Waals surface area contributed by atoms with Gasteiger partial charge in [0.05, 0.1) is 26.4 Å². The minimum atomic E-state index is -4.97. The molecule has 0 saturated carbocycles. The molecule has 19 heteroatoms. The van der Waals surface area contributed by atoms with Crippen molar-refractivity contribution in [3.63, 3.8) is 0 Å². The molecule has 5 atom stereocenters. The van der Waals surface area contributed by atoms with E-state index in [2.05, 4.69) is 41.5 Å². The molecule has 0 radical (unpaired) electrons. The van der Waals surface area contributed by atoms with Crippen LogP contribution in [0.15, 0.2) is 0 Å². The standard InChI is InChI=1S/C85H166O17P2/c1-7-9-11-13-15-17-19-21-22-23-24-25-29-32-36-39-43-49-55-61-67-82(87)95-73-80(101-85(90)70-64-58-51-45-41-37-33-30-27-26-28-31-35-38-42-47-53-59-65-77(3)4)75-99-103(91,92)97-71-79(86)72-98-104(93,94)100-76-81(74-96-83(88)68-62-56-52-46-48-54-60-66-78(5)6)102-84(89)69-63-57-50-44-40-34-20-18-16-14-12-10-8-2/h77-81,86H,7-76H2,1-6H3,(H,91,92)(H,93,94)/t79-,80-,81-/m1/s1. The second-order valence-electron chi connectivity index (χ2n) is 31.5. The predicted octanol–water partition coefficient (Wildman–Crippen LogP) is 25.8. The number of carbonyl (C=O) groups is 4. The molecule has 0 aromatic carbocycles. The van der Waals surface area contributed by atoms with Crippen molar-refractivity contribution in [1.82, 2.24) is 0 Å². The van der Waals surface area contributed by atoms with Crippen molar-refractivity contribution < 1.29 is 80.2 Å². The second kappa shape index (κ2) is 76.4. The van der Waals surface area contributed by atoms with E-state index in [1.54, 1.807) is 0 Å². The lowest BCUT2D eigenvalue weighted by atomic mass is 10.0. The van der Waals surface area contributed by atoms with Gasteiger partial charge in [0.25, 0.3) is 0 Å². The number of carbonyl (C=O) groups excluding carboxylic acids is 4. The van der Waals surface area contributed by atoms with Gasteiger partial charge in [0, 0.05) is 25.7 Å². The summed E-state index contributed by atoms with van der Waals surface area (Å²) in [6, 6.07) is 0. The second-order valence-corrected chi connectivity index (χ2v) is 34.4. The Morgan fingerprint density at radius 2 is 0.442 bits per heavy atom. The van der Waals surface area contributed by atoms with Gasteiger partial charge in [-0.3, -0.25) is 37.3 Å². The fourth-order valence-corrected chi connectivity index (χ4v) is 14.8. The van der Waals surface area contributed by atoms with Crippen molar-refractivity contribution in [3.05, 3.63) is 0 Å². The highest BCUT2D eigenvalue weighted by molar-refractivity contribution is 7.47. The number of hydrogen-bond donors (Lipinski definition) is 3. The molecule has 0 spiro atoms. The number of aliphatic hydroxyl groups is 1. The highest BCUT2D eigenvalue weighted by Crippen LogP contribution is 2.45. The molecular weight excluding hydrogens is 1350 g/mol. The highest BCUT2D eigenvalue weighted by Gasteiger charge is 2.30. The lowest BCUT2D eigenvalue weighted by Gasteiger charge is -2.21. The maximum Gasteiger partial charge on any atom is 0.472 e. The number of hydrogen-bond acceptors (Lipinski definition) is 15. The molecule has 0 saturated heterocycles. The summed E-state index contributed by atoms with van der Waals surface area (Å²) in [4.78, 5) is 73.1. The molecule has 0 bridgehead atoms. The Labute approximate surface area is 638 Å². The average Bonchev–Trinajstić information content (AvgIpc) is 0.913. The zero-order valence-corrected chi connectivity index (χ0v) is 70.1. The smallest absolute Gasteiger partial charge is 0.462 e. The molecule has 0 aromatic rings. The lowest BCUT2D eigenvalue weighted by Crippen LogP contribution is -2.30. The maximum atomic E-state index is 13.1. The Bertz CT molecular complexity index is 1990. The quantitative estimate of drug-likeness (QED) is 0.0222. The number of phosphoric acid groups is 2. The van der Waals surface area contributed by atoms with Crippen molar-refractivity contribution in [2.45, 2.75) is 471 Å². The molecule has 0 heterocycles. The van der Waals surface area contributed by atoms with E-state index in [0.717, 1.165) is 102 Å². The summed E-state index contributed by atoms with van der Waals surface area (Å²) in [5, 5.41) is 10.7. The van der Waals surface area contributed by atoms with E-state index < -0.39 is 97.5 Å². The number of ether oxygens (including phenoxy) is 4. The van der Waals surface area contributed by atoms with E-state index >= 15 is 0 Å². The van der Waals surface area contributed by atoms with Crippen LogP contribution in [0.5, 0.6) is 0 Å². The van der Waals surface area contributed by atoms with Gasteiger partial charge in [-0.2, -0.15) is 0 Å². The Morgan fingerprint density at radius 1 is 0.260 bits per heavy atom. The van der Waals surface area contributed by atoms with Crippen molar-refractivity contribution in [2.75, 3.05) is 39.6 Å². The Morgan fingerprint density at radius 3 is 0.654 bits per heavy atom. The van der Waals surface area contributed by atoms with E-state index in [1.807, 2.05) is 0 Å². The molecule has 3 N–H and O–H groups in total. The van der Waals surface area contributed by atoms with Gasteiger partial charge in [-0.15, -0.1) is 0 Å². The van der Waals surface area contributed by atoms with Crippen LogP contribution in [0.4, 0.5) is 0 Å². The number of aliphatic hydroxyl groups excluding tert-OH is 1. The van der Waals surface area contributed by atoms with Crippen LogP contribution in [-0.4, -0.2) is 96.7 Å². The Hall–Kier alpha value is -1.94. The molecule has 0 aliphatic carbocycles. The summed E-state index contributed by atoms with van der Waals surface area (Å²) < 4.78 is 68.8. The van der Waals surface area contributed by atoms with Crippen LogP contribution in [0.1, 0.15) is 452 Å². The van der Waals surface area contributed by atoms with Crippen LogP contribution >= 0.6 is 15.6 Å². The monoisotopic (exact) mass is 1520 g/mol. The fraction of sp³-hybridized carbons (Fsp3) is 0.953. The van der Waals surface area contributed by atoms with E-state index in [0.29, 0.717) is 31.6 Å². The molecular formula is C85H166O17P2. The molecule has 17 nitrogen and oxygen atoms in total. The first-order valence-electron chi connectivity index (χ1n) is 44.0. The topological polar surface area (TPSA) is 237 Å². The molecule has 0 aromatic heterocycles. The number of unbranched alkanes of at least 4 members (excludes halogenated alkanes) is 54. The highest BCUT2D eigenvalue weighted by atomic mass is 31.2. The van der Waals surface area contributed by atoms with Crippen molar-refractivity contribution in [2.24, 2.45) is 11.8 Å². The number of esters is 4. The molecule has 104 heavy (non-hydrogen) atoms. The molecule has 0 aliphatic heterocycles. The van der Waals surface area contributed by atoms with Gasteiger partial charge in [0.2, 0.25) is 0 Å². The maximum absolute atomic E-state index is 13.1.